The van der Waals surface area contributed by atoms with E-state index < -0.39 is 284 Å². The Balaban J connectivity index is 1.12. The second kappa shape index (κ2) is 26.8. The van der Waals surface area contributed by atoms with Crippen LogP contribution >= 0.6 is 0 Å². The second-order valence-electron chi connectivity index (χ2n) is 23.8. The molecule has 0 aromatic heterocycles. The van der Waals surface area contributed by atoms with Crippen molar-refractivity contribution in [2.45, 2.75) is 125 Å². The van der Waals surface area contributed by atoms with Crippen LogP contribution in [0.25, 0.3) is 0 Å². The maximum absolute atomic E-state index is 14.9. The molecule has 23 N–H and O–H groups in total. The lowest BCUT2D eigenvalue weighted by molar-refractivity contribution is -0.325. The van der Waals surface area contributed by atoms with Crippen molar-refractivity contribution in [3.63, 3.8) is 0 Å². The molecule has 0 aliphatic carbocycles. The van der Waals surface area contributed by atoms with E-state index in [0.29, 0.717) is 36.4 Å². The summed E-state index contributed by atoms with van der Waals surface area (Å²) >= 11 is 0. The number of carbonyl (C=O) groups excluding carboxylic acids is 4. The number of phenols is 16. The predicted molar refractivity (Wildman–Crippen MR) is 318 cm³/mol. The van der Waals surface area contributed by atoms with Crippen molar-refractivity contribution in [3.05, 3.63) is 105 Å². The summed E-state index contributed by atoms with van der Waals surface area (Å²) in [6, 6.07) is 6.19. The fourth-order valence-electron chi connectivity index (χ4n) is 12.2. The summed E-state index contributed by atoms with van der Waals surface area (Å²) in [7, 11) is 0. The van der Waals surface area contributed by atoms with Gasteiger partial charge in [0.25, 0.3) is 5.91 Å². The molecule has 4 heterocycles. The molecule has 34 heteroatoms. The van der Waals surface area contributed by atoms with Gasteiger partial charge in [0.15, 0.2) is 93.6 Å². The van der Waals surface area contributed by atoms with Gasteiger partial charge in [0, 0.05) is 77.7 Å². The summed E-state index contributed by atoms with van der Waals surface area (Å²) in [6.45, 7) is 2.59. The Morgan fingerprint density at radius 1 is 0.515 bits per heavy atom. The van der Waals surface area contributed by atoms with E-state index in [1.165, 1.54) is 0 Å². The summed E-state index contributed by atoms with van der Waals surface area (Å²) in [5.74, 6) is -24.6. The molecule has 2 fully saturated rings. The van der Waals surface area contributed by atoms with Gasteiger partial charge < -0.3 is 151 Å². The first kappa shape index (κ1) is 69.1. The van der Waals surface area contributed by atoms with E-state index in [2.05, 4.69) is 10.6 Å². The third-order valence-electron chi connectivity index (χ3n) is 17.0. The monoisotopic (exact) mass is 1360 g/mol. The highest BCUT2D eigenvalue weighted by molar-refractivity contribution is 5.92. The third kappa shape index (κ3) is 13.1. The van der Waals surface area contributed by atoms with Crippen LogP contribution in [0.1, 0.15) is 93.0 Å². The maximum Gasteiger partial charge on any atom is 0.338 e. The van der Waals surface area contributed by atoms with Gasteiger partial charge >= 0.3 is 11.9 Å². The molecule has 97 heavy (non-hydrogen) atoms. The molecule has 6 aromatic carbocycles. The van der Waals surface area contributed by atoms with Crippen molar-refractivity contribution < 1.29 is 160 Å². The van der Waals surface area contributed by atoms with E-state index >= 15 is 0 Å². The molecule has 6 unspecified atom stereocenters. The molecule has 14 atom stereocenters. The topological polar surface area (TPSA) is 582 Å². The summed E-state index contributed by atoms with van der Waals surface area (Å²) in [6.07, 6.45) is -26.2. The quantitative estimate of drug-likeness (QED) is 0.0463. The molecule has 0 radical (unpaired) electrons. The average molecular weight is 1360 g/mol. The van der Waals surface area contributed by atoms with Gasteiger partial charge in [-0.25, -0.2) is 9.59 Å². The first-order chi connectivity index (χ1) is 45.7. The normalized spacial score (nSPS) is 25.2. The Morgan fingerprint density at radius 3 is 1.30 bits per heavy atom. The number of carbonyl (C=O) groups is 4. The van der Waals surface area contributed by atoms with Gasteiger partial charge in [0.2, 0.25) is 5.91 Å². The third-order valence-corrected chi connectivity index (χ3v) is 17.0. The van der Waals surface area contributed by atoms with Gasteiger partial charge in [-0.3, -0.25) is 9.59 Å². The number of nitrogens with one attached hydrogen (secondary N) is 2. The van der Waals surface area contributed by atoms with Crippen LogP contribution in [0.15, 0.2) is 60.7 Å². The van der Waals surface area contributed by atoms with E-state index in [1.54, 1.807) is 13.8 Å². The highest BCUT2D eigenvalue weighted by atomic mass is 16.7. The van der Waals surface area contributed by atoms with Crippen molar-refractivity contribution >= 4 is 23.8 Å². The van der Waals surface area contributed by atoms with E-state index in [1.807, 2.05) is 0 Å². The number of fused-ring (bicyclic) bond motifs is 2. The second-order valence-corrected chi connectivity index (χ2v) is 23.8. The highest BCUT2D eigenvalue weighted by Gasteiger charge is 2.54. The summed E-state index contributed by atoms with van der Waals surface area (Å²) in [5.41, 5.74) is -4.01. The zero-order valence-electron chi connectivity index (χ0n) is 50.7. The number of phenolic OH excluding ortho intramolecular Hbond substituents is 16. The number of aliphatic hydroxyl groups excluding tert-OH is 5. The Kier molecular flexibility index (Phi) is 19.1. The number of rotatable bonds is 16. The molecule has 520 valence electrons. The lowest BCUT2D eigenvalue weighted by Gasteiger charge is -2.48. The minimum atomic E-state index is -2.38. The molecule has 34 nitrogen and oxygen atoms in total. The molecular weight excluding hydrogens is 1300 g/mol. The molecule has 6 aromatic rings. The van der Waals surface area contributed by atoms with Gasteiger partial charge in [-0.05, 0) is 54.4 Å². The van der Waals surface area contributed by atoms with Gasteiger partial charge in [-0.15, -0.1) is 0 Å². The van der Waals surface area contributed by atoms with Crippen LogP contribution in [-0.4, -0.2) is 218 Å². The van der Waals surface area contributed by atoms with Gasteiger partial charge in [0.1, 0.15) is 83.3 Å². The minimum Gasteiger partial charge on any atom is -0.507 e. The Hall–Kier alpha value is -10.7. The molecule has 4 aliphatic heterocycles. The Labute approximate surface area is 545 Å². The van der Waals surface area contributed by atoms with E-state index in [-0.39, 0.29) is 11.1 Å². The van der Waals surface area contributed by atoms with E-state index in [9.17, 15) is 126 Å². The number of benzene rings is 6. The maximum atomic E-state index is 14.9. The van der Waals surface area contributed by atoms with Crippen molar-refractivity contribution in [1.29, 1.82) is 0 Å². The number of ether oxygens (including phenoxy) is 7. The van der Waals surface area contributed by atoms with Gasteiger partial charge in [0.05, 0.1) is 29.9 Å². The average Bonchev–Trinajstić information content (AvgIpc) is 0.735. The van der Waals surface area contributed by atoms with Crippen molar-refractivity contribution in [2.75, 3.05) is 13.2 Å². The first-order valence-electron chi connectivity index (χ1n) is 29.4. The first-order valence-corrected chi connectivity index (χ1v) is 29.4. The molecule has 10 rings (SSSR count). The minimum absolute atomic E-state index is 0.356. The fourth-order valence-corrected chi connectivity index (χ4v) is 12.2. The van der Waals surface area contributed by atoms with Crippen LogP contribution < -0.4 is 20.1 Å². The number of hydrogen-bond acceptors (Lipinski definition) is 32. The van der Waals surface area contributed by atoms with Crippen molar-refractivity contribution in [1.82, 2.24) is 10.6 Å². The fraction of sp³-hybridized carbons (Fsp3) is 0.365. The summed E-state index contributed by atoms with van der Waals surface area (Å²) in [4.78, 5) is 55.4. The number of aliphatic hydroxyl groups is 5. The summed E-state index contributed by atoms with van der Waals surface area (Å²) < 4.78 is 42.5. The molecule has 0 spiro atoms. The zero-order valence-corrected chi connectivity index (χ0v) is 50.7. The molecule has 0 saturated carbocycles. The van der Waals surface area contributed by atoms with Crippen LogP contribution in [0.2, 0.25) is 0 Å². The van der Waals surface area contributed by atoms with Crippen LogP contribution in [0, 0.1) is 5.92 Å². The van der Waals surface area contributed by atoms with Gasteiger partial charge in [-0.1, -0.05) is 13.8 Å². The smallest absolute Gasteiger partial charge is 0.338 e. The lowest BCUT2D eigenvalue weighted by atomic mass is 9.82. The van der Waals surface area contributed by atoms with Crippen LogP contribution in [-0.2, 0) is 46.1 Å². The van der Waals surface area contributed by atoms with Crippen LogP contribution in [0.3, 0.4) is 0 Å². The predicted octanol–water partition coefficient (Wildman–Crippen LogP) is 0.502. The lowest BCUT2D eigenvalue weighted by Crippen LogP contribution is -2.68. The SMILES string of the molecule is CC(=O)NC1C(O[C@@H]2OC(C(=O)NCC(c3c(O)cc(O)c4c3O[C@H](c3cc(O)c(O)c(O)c3)[C@H](OC(=O)c3cc(O)c(O)c(O)c3)C4)c3c(O)cc(O)c4c3O[C@H](c3cc(O)c(O)c(O)c3)[C@H](OC(=O)c3cc(O)c(O)c(O)c3)C4)[C@@H](O)C(O)C2O)[C@H](O)C(CO)O[C@H]1C(C)C. The van der Waals surface area contributed by atoms with Crippen molar-refractivity contribution in [2.24, 2.45) is 5.92 Å². The number of amides is 2. The number of esters is 2. The largest absolute Gasteiger partial charge is 0.507 e. The molecular formula is C63H66N2O32. The number of hydrogen-bond donors (Lipinski definition) is 23. The molecule has 2 amide bonds. The molecule has 2 saturated heterocycles. The van der Waals surface area contributed by atoms with Gasteiger partial charge in [-0.2, -0.15) is 0 Å². The summed E-state index contributed by atoms with van der Waals surface area (Å²) in [5, 5.41) is 235. The Morgan fingerprint density at radius 2 is 0.918 bits per heavy atom. The molecule has 0 bridgehead atoms. The zero-order chi connectivity index (χ0) is 70.8. The van der Waals surface area contributed by atoms with E-state index in [0.717, 1.165) is 31.2 Å². The number of aromatic hydroxyl groups is 16. The molecule has 4 aliphatic rings. The Bertz CT molecular complexity index is 3790. The van der Waals surface area contributed by atoms with Crippen LogP contribution in [0.5, 0.6) is 103 Å². The standard InChI is InChI=1S/C63H66N2O32/c1-18(2)53-44(65-19(3)67)58(49(84)41(17-66)91-53)96-63-52(87)50(85)51(86)59(97-63)60(88)64-16-26(42-29(70)14-27(68)24-12-39(92-61(89)22-8-35(76)47(82)36(77)9-22)54(94-56(24)42)20-4-31(72)45(80)32(73)5-20)43-30(71)15-28(69)25-13-40(93-62(90)23-10-37(78)48(83)38(79)11-23)55(95-57(25)43)21-6-33(74)46(81)34(75)7-21/h4-11,14-15,18,26,39-41,44,49-55,58-59,63,66,68-87H,12-13,16-17H2,1-3H3,(H,64,88)(H,65,67)/t39-,40-,41?,44?,49-,50?,51+,52?,53+,54-,55-,58?,59?,63-/m1/s1. The van der Waals surface area contributed by atoms with Crippen LogP contribution in [0.4, 0.5) is 0 Å². The highest BCUT2D eigenvalue weighted by Crippen LogP contribution is 2.57. The van der Waals surface area contributed by atoms with E-state index in [4.69, 9.17) is 33.2 Å². The van der Waals surface area contributed by atoms with Crippen molar-refractivity contribution in [3.8, 4) is 103 Å².